The highest BCUT2D eigenvalue weighted by Gasteiger charge is 2.27. The number of nitrogens with zero attached hydrogens (tertiary/aromatic N) is 1. The number of phenols is 1. The number of pyridine rings is 1. The molecule has 4 rings (SSSR count). The van der Waals surface area contributed by atoms with E-state index >= 15 is 0 Å². The van der Waals surface area contributed by atoms with Gasteiger partial charge in [-0.3, -0.25) is 9.59 Å². The second-order valence-corrected chi connectivity index (χ2v) is 6.86. The molecule has 27 heavy (non-hydrogen) atoms. The molecule has 7 heteroatoms. The van der Waals surface area contributed by atoms with Gasteiger partial charge in [-0.25, -0.2) is 0 Å². The topological polar surface area (TPSA) is 98.4 Å². The number of aromatic nitrogens is 2. The highest BCUT2D eigenvalue weighted by atomic mass is 16.5. The molecule has 3 heterocycles. The number of hydrogen-bond donors (Lipinski definition) is 3. The molecule has 1 aromatic carbocycles. The van der Waals surface area contributed by atoms with E-state index in [4.69, 9.17) is 4.74 Å². The smallest absolute Gasteiger partial charge is 0.258 e. The first-order valence-corrected chi connectivity index (χ1v) is 8.97. The van der Waals surface area contributed by atoms with Crippen molar-refractivity contribution >= 4 is 16.8 Å². The second-order valence-electron chi connectivity index (χ2n) is 6.86. The zero-order valence-corrected chi connectivity index (χ0v) is 15.0. The molecule has 0 unspecified atom stereocenters. The van der Waals surface area contributed by atoms with Crippen molar-refractivity contribution in [3.05, 3.63) is 58.1 Å². The summed E-state index contributed by atoms with van der Waals surface area (Å²) in [6.07, 6.45) is 4.63. The molecule has 3 N–H and O–H groups in total. The first-order chi connectivity index (χ1) is 13.0. The van der Waals surface area contributed by atoms with Crippen LogP contribution < -0.4 is 10.3 Å². The van der Waals surface area contributed by atoms with Crippen LogP contribution in [0.15, 0.2) is 41.5 Å². The van der Waals surface area contributed by atoms with Crippen LogP contribution >= 0.6 is 0 Å². The quantitative estimate of drug-likeness (QED) is 0.662. The van der Waals surface area contributed by atoms with Crippen LogP contribution in [0.4, 0.5) is 0 Å². The van der Waals surface area contributed by atoms with Gasteiger partial charge in [0.15, 0.2) is 0 Å². The second kappa shape index (κ2) is 6.83. The summed E-state index contributed by atoms with van der Waals surface area (Å²) in [6, 6.07) is 6.72. The zero-order valence-electron chi connectivity index (χ0n) is 15.0. The normalized spacial score (nSPS) is 15.2. The van der Waals surface area contributed by atoms with Gasteiger partial charge in [0.05, 0.1) is 16.5 Å². The van der Waals surface area contributed by atoms with Gasteiger partial charge in [-0.2, -0.15) is 0 Å². The Balaban J connectivity index is 1.46. The van der Waals surface area contributed by atoms with E-state index in [1.807, 2.05) is 6.92 Å². The zero-order chi connectivity index (χ0) is 19.0. The van der Waals surface area contributed by atoms with Crippen molar-refractivity contribution in [2.45, 2.75) is 25.9 Å². The molecule has 0 spiro atoms. The maximum atomic E-state index is 12.9. The molecule has 3 aromatic rings. The molecule has 1 saturated heterocycles. The predicted octanol–water partition coefficient (Wildman–Crippen LogP) is 2.55. The fourth-order valence-electron chi connectivity index (χ4n) is 3.55. The Labute approximate surface area is 155 Å². The molecule has 0 radical (unpaired) electrons. The van der Waals surface area contributed by atoms with Gasteiger partial charge >= 0.3 is 0 Å². The van der Waals surface area contributed by atoms with Crippen molar-refractivity contribution in [3.8, 4) is 11.5 Å². The van der Waals surface area contributed by atoms with E-state index in [2.05, 4.69) is 9.97 Å². The molecule has 140 valence electrons. The van der Waals surface area contributed by atoms with E-state index in [1.54, 1.807) is 41.6 Å². The summed E-state index contributed by atoms with van der Waals surface area (Å²) in [4.78, 5) is 32.6. The average molecular weight is 367 g/mol. The lowest BCUT2D eigenvalue weighted by atomic mass is 10.1. The Morgan fingerprint density at radius 2 is 2.00 bits per heavy atom. The molecule has 1 aliphatic rings. The van der Waals surface area contributed by atoms with Crippen LogP contribution in [0.3, 0.4) is 0 Å². The van der Waals surface area contributed by atoms with Crippen LogP contribution in [0.5, 0.6) is 11.5 Å². The summed E-state index contributed by atoms with van der Waals surface area (Å²) in [5.74, 6) is 0.645. The Hall–Kier alpha value is -3.22. The fourth-order valence-corrected chi connectivity index (χ4v) is 3.55. The number of aryl methyl sites for hydroxylation is 1. The van der Waals surface area contributed by atoms with E-state index in [9.17, 15) is 14.7 Å². The minimum absolute atomic E-state index is 0.00975. The minimum Gasteiger partial charge on any atom is -0.508 e. The van der Waals surface area contributed by atoms with Gasteiger partial charge in [-0.1, -0.05) is 6.07 Å². The molecular weight excluding hydrogens is 346 g/mol. The largest absolute Gasteiger partial charge is 0.508 e. The third-order valence-corrected chi connectivity index (χ3v) is 5.00. The molecular formula is C20H21N3O4. The van der Waals surface area contributed by atoms with Gasteiger partial charge in [-0.15, -0.1) is 0 Å². The number of carbonyl (C=O) groups excluding carboxylic acids is 1. The van der Waals surface area contributed by atoms with E-state index in [1.165, 1.54) is 0 Å². The number of aromatic amines is 2. The Morgan fingerprint density at radius 1 is 1.22 bits per heavy atom. The average Bonchev–Trinajstić information content (AvgIpc) is 3.11. The number of likely N-dealkylation sites (tertiary alicyclic amines) is 1. The van der Waals surface area contributed by atoms with E-state index < -0.39 is 0 Å². The van der Waals surface area contributed by atoms with Crippen LogP contribution in [0.2, 0.25) is 0 Å². The van der Waals surface area contributed by atoms with Crippen molar-refractivity contribution in [1.82, 2.24) is 14.9 Å². The number of carbonyl (C=O) groups is 1. The number of rotatable bonds is 3. The van der Waals surface area contributed by atoms with Crippen molar-refractivity contribution in [2.75, 3.05) is 13.1 Å². The number of piperidine rings is 1. The number of nitrogens with one attached hydrogen (secondary N) is 2. The third kappa shape index (κ3) is 3.28. The number of aromatic hydroxyl groups is 1. The van der Waals surface area contributed by atoms with Crippen LogP contribution in [0.1, 0.15) is 28.8 Å². The molecule has 1 fully saturated rings. The number of hydrogen-bond acceptors (Lipinski definition) is 4. The number of phenolic OH excluding ortho intramolecular Hbond substituents is 1. The monoisotopic (exact) mass is 367 g/mol. The molecule has 0 atom stereocenters. The Bertz CT molecular complexity index is 1040. The van der Waals surface area contributed by atoms with E-state index in [0.29, 0.717) is 48.1 Å². The molecule has 1 amide bonds. The fraction of sp³-hybridized carbons (Fsp3) is 0.300. The summed E-state index contributed by atoms with van der Waals surface area (Å²) in [7, 11) is 0. The van der Waals surface area contributed by atoms with Gasteiger partial charge < -0.3 is 24.7 Å². The van der Waals surface area contributed by atoms with Gasteiger partial charge in [0.1, 0.15) is 17.6 Å². The van der Waals surface area contributed by atoms with Gasteiger partial charge in [0.25, 0.3) is 11.5 Å². The minimum atomic E-state index is -0.262. The summed E-state index contributed by atoms with van der Waals surface area (Å²) in [6.45, 7) is 2.99. The molecule has 7 nitrogen and oxygen atoms in total. The number of fused-ring (bicyclic) bond motifs is 1. The SMILES string of the molecule is Cc1c[nH]c(=O)c2c(C(=O)N3CCC(Oc4cccc(O)c4)CC3)c[nH]c12. The van der Waals surface area contributed by atoms with Crippen LogP contribution in [0.25, 0.3) is 10.9 Å². The van der Waals surface area contributed by atoms with Gasteiger partial charge in [-0.05, 0) is 24.6 Å². The maximum Gasteiger partial charge on any atom is 0.258 e. The number of H-pyrrole nitrogens is 2. The van der Waals surface area contributed by atoms with E-state index in [-0.39, 0.29) is 23.3 Å². The Kier molecular flexibility index (Phi) is 4.35. The molecule has 2 aromatic heterocycles. The summed E-state index contributed by atoms with van der Waals surface area (Å²) < 4.78 is 5.90. The number of amides is 1. The summed E-state index contributed by atoms with van der Waals surface area (Å²) in [5, 5.41) is 9.94. The first-order valence-electron chi connectivity index (χ1n) is 8.97. The highest BCUT2D eigenvalue weighted by Crippen LogP contribution is 2.24. The summed E-state index contributed by atoms with van der Waals surface area (Å²) in [5.41, 5.74) is 1.73. The van der Waals surface area contributed by atoms with Gasteiger partial charge in [0.2, 0.25) is 0 Å². The van der Waals surface area contributed by atoms with Crippen LogP contribution in [-0.4, -0.2) is 45.1 Å². The lowest BCUT2D eigenvalue weighted by molar-refractivity contribution is 0.0597. The van der Waals surface area contributed by atoms with Crippen molar-refractivity contribution < 1.29 is 14.6 Å². The summed E-state index contributed by atoms with van der Waals surface area (Å²) >= 11 is 0. The van der Waals surface area contributed by atoms with Crippen molar-refractivity contribution in [3.63, 3.8) is 0 Å². The third-order valence-electron chi connectivity index (χ3n) is 5.00. The van der Waals surface area contributed by atoms with Crippen molar-refractivity contribution in [1.29, 1.82) is 0 Å². The lowest BCUT2D eigenvalue weighted by Crippen LogP contribution is -2.41. The molecule has 0 aliphatic carbocycles. The highest BCUT2D eigenvalue weighted by molar-refractivity contribution is 6.07. The molecule has 0 bridgehead atoms. The van der Waals surface area contributed by atoms with Crippen molar-refractivity contribution in [2.24, 2.45) is 0 Å². The molecule has 0 saturated carbocycles. The molecule has 1 aliphatic heterocycles. The van der Waals surface area contributed by atoms with Gasteiger partial charge in [0, 0.05) is 44.4 Å². The number of benzene rings is 1. The Morgan fingerprint density at radius 3 is 2.74 bits per heavy atom. The predicted molar refractivity (Wildman–Crippen MR) is 101 cm³/mol. The van der Waals surface area contributed by atoms with Crippen LogP contribution in [-0.2, 0) is 0 Å². The number of ether oxygens (including phenoxy) is 1. The maximum absolute atomic E-state index is 12.9. The first kappa shape index (κ1) is 17.2. The standard InChI is InChI=1S/C20H21N3O4/c1-12-10-22-19(25)17-16(11-21-18(12)17)20(26)23-7-5-14(6-8-23)27-15-4-2-3-13(24)9-15/h2-4,9-11,14,21,24H,5-8H2,1H3,(H,22,25). The lowest BCUT2D eigenvalue weighted by Gasteiger charge is -2.32. The van der Waals surface area contributed by atoms with Crippen LogP contribution in [0, 0.1) is 6.92 Å². The van der Waals surface area contributed by atoms with E-state index in [0.717, 1.165) is 5.56 Å².